The van der Waals surface area contributed by atoms with E-state index in [9.17, 15) is 0 Å². The summed E-state index contributed by atoms with van der Waals surface area (Å²) in [5.74, 6) is 0.812. The molecule has 0 bridgehead atoms. The van der Waals surface area contributed by atoms with Gasteiger partial charge in [0.2, 0.25) is 0 Å². The molecular formula is C28H42N3+3. The molecule has 3 nitrogen and oxygen atoms in total. The monoisotopic (exact) mass is 420 g/mol. The summed E-state index contributed by atoms with van der Waals surface area (Å²) in [7, 11) is 0. The van der Waals surface area contributed by atoms with Crippen molar-refractivity contribution in [2.75, 3.05) is 39.3 Å². The van der Waals surface area contributed by atoms with Crippen molar-refractivity contribution in [1.29, 1.82) is 0 Å². The lowest BCUT2D eigenvalue weighted by Gasteiger charge is -2.41. The predicted molar refractivity (Wildman–Crippen MR) is 127 cm³/mol. The largest absolute Gasteiger partial charge is 0.331 e. The van der Waals surface area contributed by atoms with Gasteiger partial charge in [0.1, 0.15) is 32.7 Å². The van der Waals surface area contributed by atoms with E-state index in [-0.39, 0.29) is 0 Å². The number of quaternary nitrogens is 3. The van der Waals surface area contributed by atoms with E-state index in [0.717, 1.165) is 18.0 Å². The number of piperidine rings is 1. The van der Waals surface area contributed by atoms with E-state index in [1.165, 1.54) is 89.9 Å². The van der Waals surface area contributed by atoms with Crippen LogP contribution in [0.4, 0.5) is 0 Å². The van der Waals surface area contributed by atoms with E-state index in [1.54, 1.807) is 10.5 Å². The first-order valence-corrected chi connectivity index (χ1v) is 13.0. The molecule has 1 saturated carbocycles. The van der Waals surface area contributed by atoms with Crippen LogP contribution in [0.25, 0.3) is 0 Å². The van der Waals surface area contributed by atoms with Gasteiger partial charge in [-0.3, -0.25) is 0 Å². The third-order valence-corrected chi connectivity index (χ3v) is 8.68. The van der Waals surface area contributed by atoms with Crippen LogP contribution in [-0.4, -0.2) is 51.4 Å². The minimum absolute atomic E-state index is 0.812. The lowest BCUT2D eigenvalue weighted by atomic mass is 9.81. The smallest absolute Gasteiger partial charge is 0.127 e. The number of rotatable bonds is 5. The fourth-order valence-corrected chi connectivity index (χ4v) is 6.76. The van der Waals surface area contributed by atoms with Crippen molar-refractivity contribution in [3.05, 3.63) is 71.8 Å². The molecule has 166 valence electrons. The van der Waals surface area contributed by atoms with Gasteiger partial charge in [-0.05, 0) is 37.2 Å². The summed E-state index contributed by atoms with van der Waals surface area (Å²) < 4.78 is 0. The molecule has 1 aliphatic carbocycles. The molecule has 3 heteroatoms. The van der Waals surface area contributed by atoms with Gasteiger partial charge in [0.15, 0.2) is 0 Å². The summed E-state index contributed by atoms with van der Waals surface area (Å²) in [6, 6.07) is 24.2. The Balaban J connectivity index is 1.03. The maximum Gasteiger partial charge on any atom is 0.127 e. The second kappa shape index (κ2) is 10.3. The normalized spacial score (nSPS) is 34.3. The minimum Gasteiger partial charge on any atom is -0.331 e. The number of likely N-dealkylation sites (tertiary alicyclic amines) is 1. The van der Waals surface area contributed by atoms with Crippen molar-refractivity contribution in [1.82, 2.24) is 0 Å². The molecule has 2 saturated heterocycles. The second-order valence-corrected chi connectivity index (χ2v) is 10.5. The summed E-state index contributed by atoms with van der Waals surface area (Å²) in [6.45, 7) is 9.58. The highest BCUT2D eigenvalue weighted by atomic mass is 15.3. The lowest BCUT2D eigenvalue weighted by molar-refractivity contribution is -1.04. The molecule has 0 radical (unpaired) electrons. The Kier molecular flexibility index (Phi) is 7.03. The molecular weight excluding hydrogens is 378 g/mol. The van der Waals surface area contributed by atoms with E-state index in [1.807, 2.05) is 9.80 Å². The highest BCUT2D eigenvalue weighted by Crippen LogP contribution is 2.31. The number of piperazine rings is 1. The van der Waals surface area contributed by atoms with Crippen molar-refractivity contribution in [3.8, 4) is 0 Å². The summed E-state index contributed by atoms with van der Waals surface area (Å²) >= 11 is 0. The molecule has 3 N–H and O–H groups in total. The van der Waals surface area contributed by atoms with E-state index in [0.29, 0.717) is 0 Å². The van der Waals surface area contributed by atoms with E-state index >= 15 is 0 Å². The molecule has 2 aromatic carbocycles. The SMILES string of the molecule is c1ccc(C[NH+]2CCC([NH+]3CC[NH+](C4CCC(c5ccccc5)CC4)CC3)CC2)cc1. The lowest BCUT2D eigenvalue weighted by Crippen LogP contribution is -3.31. The highest BCUT2D eigenvalue weighted by molar-refractivity contribution is 5.19. The molecule has 0 amide bonds. The molecule has 3 aliphatic rings. The summed E-state index contributed by atoms with van der Waals surface area (Å²) in [6.07, 6.45) is 8.52. The molecule has 0 atom stereocenters. The fraction of sp³-hybridized carbons (Fsp3) is 0.571. The summed E-state index contributed by atoms with van der Waals surface area (Å²) in [4.78, 5) is 5.66. The van der Waals surface area contributed by atoms with Gasteiger partial charge in [-0.2, -0.15) is 0 Å². The van der Waals surface area contributed by atoms with E-state index < -0.39 is 0 Å². The fourth-order valence-electron chi connectivity index (χ4n) is 6.76. The van der Waals surface area contributed by atoms with Gasteiger partial charge in [0, 0.05) is 18.4 Å². The average molecular weight is 421 g/mol. The van der Waals surface area contributed by atoms with Gasteiger partial charge < -0.3 is 14.7 Å². The number of hydrogen-bond donors (Lipinski definition) is 3. The third-order valence-electron chi connectivity index (χ3n) is 8.68. The molecule has 2 heterocycles. The zero-order valence-electron chi connectivity index (χ0n) is 19.2. The highest BCUT2D eigenvalue weighted by Gasteiger charge is 2.37. The molecule has 0 aromatic heterocycles. The Morgan fingerprint density at radius 1 is 0.548 bits per heavy atom. The molecule has 2 aromatic rings. The second-order valence-electron chi connectivity index (χ2n) is 10.5. The first-order chi connectivity index (χ1) is 15.3. The van der Waals surface area contributed by atoms with E-state index in [2.05, 4.69) is 60.7 Å². The van der Waals surface area contributed by atoms with Crippen LogP contribution < -0.4 is 14.7 Å². The van der Waals surface area contributed by atoms with Gasteiger partial charge >= 0.3 is 0 Å². The van der Waals surface area contributed by atoms with Crippen LogP contribution in [0.15, 0.2) is 60.7 Å². The molecule has 0 spiro atoms. The Morgan fingerprint density at radius 3 is 1.65 bits per heavy atom. The molecule has 5 rings (SSSR count). The number of hydrogen-bond acceptors (Lipinski definition) is 0. The molecule has 31 heavy (non-hydrogen) atoms. The van der Waals surface area contributed by atoms with Gasteiger partial charge in [-0.1, -0.05) is 60.7 Å². The first kappa shape index (κ1) is 21.2. The van der Waals surface area contributed by atoms with Crippen LogP contribution in [0.1, 0.15) is 55.6 Å². The Bertz CT molecular complexity index is 768. The predicted octanol–water partition coefficient (Wildman–Crippen LogP) is 0.744. The Hall–Kier alpha value is -1.68. The van der Waals surface area contributed by atoms with Crippen molar-refractivity contribution >= 4 is 0 Å². The van der Waals surface area contributed by atoms with E-state index in [4.69, 9.17) is 0 Å². The topological polar surface area (TPSA) is 13.3 Å². The number of nitrogens with one attached hydrogen (secondary N) is 3. The van der Waals surface area contributed by atoms with Crippen LogP contribution in [0.5, 0.6) is 0 Å². The standard InChI is InChI=1S/C28H39N3/c1-3-7-24(8-4-1)23-29-17-15-28(16-18-29)31-21-19-30(20-22-31)27-13-11-26(12-14-27)25-9-5-2-6-10-25/h1-10,26-28H,11-23H2/p+3. The van der Waals surface area contributed by atoms with Crippen LogP contribution in [0.2, 0.25) is 0 Å². The van der Waals surface area contributed by atoms with Crippen LogP contribution >= 0.6 is 0 Å². The maximum atomic E-state index is 2.34. The van der Waals surface area contributed by atoms with Crippen molar-refractivity contribution in [3.63, 3.8) is 0 Å². The zero-order valence-corrected chi connectivity index (χ0v) is 19.2. The minimum atomic E-state index is 0.812. The van der Waals surface area contributed by atoms with Crippen LogP contribution in [0, 0.1) is 0 Å². The van der Waals surface area contributed by atoms with Crippen molar-refractivity contribution < 1.29 is 14.7 Å². The van der Waals surface area contributed by atoms with Gasteiger partial charge in [-0.15, -0.1) is 0 Å². The maximum absolute atomic E-state index is 2.34. The van der Waals surface area contributed by atoms with Gasteiger partial charge in [0.25, 0.3) is 0 Å². The molecule has 0 unspecified atom stereocenters. The summed E-state index contributed by atoms with van der Waals surface area (Å²) in [5, 5.41) is 0. The average Bonchev–Trinajstić information content (AvgIpc) is 2.86. The van der Waals surface area contributed by atoms with Gasteiger partial charge in [-0.25, -0.2) is 0 Å². The number of benzene rings is 2. The first-order valence-electron chi connectivity index (χ1n) is 13.0. The Labute approximate surface area is 189 Å². The summed E-state index contributed by atoms with van der Waals surface area (Å²) in [5.41, 5.74) is 3.08. The van der Waals surface area contributed by atoms with Crippen molar-refractivity contribution in [2.24, 2.45) is 0 Å². The van der Waals surface area contributed by atoms with Crippen LogP contribution in [-0.2, 0) is 6.54 Å². The molecule has 3 fully saturated rings. The quantitative estimate of drug-likeness (QED) is 0.632. The molecule has 2 aliphatic heterocycles. The van der Waals surface area contributed by atoms with Gasteiger partial charge in [0.05, 0.1) is 25.2 Å². The third kappa shape index (κ3) is 5.39. The van der Waals surface area contributed by atoms with Crippen LogP contribution in [0.3, 0.4) is 0 Å². The Morgan fingerprint density at radius 2 is 1.06 bits per heavy atom. The van der Waals surface area contributed by atoms with Crippen molar-refractivity contribution in [2.45, 2.75) is 63.1 Å². The zero-order chi connectivity index (χ0) is 20.9.